The molecule has 1 aromatic carbocycles. The molecule has 1 aromatic rings. The number of unbranched alkanes of at least 4 members (excludes halogenated alkanes) is 1. The van der Waals surface area contributed by atoms with E-state index in [0.29, 0.717) is 13.2 Å². The van der Waals surface area contributed by atoms with Gasteiger partial charge in [0.2, 0.25) is 0 Å². The highest BCUT2D eigenvalue weighted by atomic mass is 16.5. The van der Waals surface area contributed by atoms with Gasteiger partial charge in [-0.05, 0) is 63.0 Å². The largest absolute Gasteiger partial charge is 0.494 e. The molecule has 2 rings (SSSR count). The molecule has 6 nitrogen and oxygen atoms in total. The molecule has 25 heavy (non-hydrogen) atoms. The summed E-state index contributed by atoms with van der Waals surface area (Å²) >= 11 is 0. The molecule has 1 fully saturated rings. The van der Waals surface area contributed by atoms with Gasteiger partial charge in [-0.15, -0.1) is 0 Å². The van der Waals surface area contributed by atoms with Crippen LogP contribution in [0.15, 0.2) is 18.2 Å². The highest BCUT2D eigenvalue weighted by Gasteiger charge is 2.16. The van der Waals surface area contributed by atoms with E-state index >= 15 is 0 Å². The van der Waals surface area contributed by atoms with E-state index in [1.807, 2.05) is 25.1 Å². The summed E-state index contributed by atoms with van der Waals surface area (Å²) in [6.07, 6.45) is 3.97. The number of anilines is 1. The van der Waals surface area contributed by atoms with E-state index in [1.54, 1.807) is 0 Å². The number of rotatable bonds is 9. The Bertz CT molecular complexity index is 545. The molecule has 1 heterocycles. The van der Waals surface area contributed by atoms with Crippen molar-refractivity contribution in [3.05, 3.63) is 23.8 Å². The van der Waals surface area contributed by atoms with E-state index in [9.17, 15) is 9.90 Å². The monoisotopic (exact) mass is 349 g/mol. The molecular weight excluding hydrogens is 318 g/mol. The molecule has 3 N–H and O–H groups in total. The van der Waals surface area contributed by atoms with Crippen LogP contribution in [0.2, 0.25) is 0 Å². The van der Waals surface area contributed by atoms with Crippen molar-refractivity contribution < 1.29 is 14.6 Å². The molecule has 0 saturated carbocycles. The maximum atomic E-state index is 12.0. The van der Waals surface area contributed by atoms with Crippen LogP contribution in [0, 0.1) is 6.92 Å². The van der Waals surface area contributed by atoms with Gasteiger partial charge in [-0.3, -0.25) is 0 Å². The summed E-state index contributed by atoms with van der Waals surface area (Å²) in [6.45, 7) is 7.71. The second kappa shape index (κ2) is 10.3. The number of carbonyl (C=O) groups excluding carboxylic acids is 1. The Kier molecular flexibility index (Phi) is 8.01. The van der Waals surface area contributed by atoms with Gasteiger partial charge in [0, 0.05) is 18.8 Å². The third-order valence-corrected chi connectivity index (χ3v) is 4.38. The van der Waals surface area contributed by atoms with Crippen LogP contribution in [0.1, 0.15) is 38.2 Å². The Labute approximate surface area is 150 Å². The second-order valence-corrected chi connectivity index (χ2v) is 6.68. The average Bonchev–Trinajstić information content (AvgIpc) is 3.08. The van der Waals surface area contributed by atoms with Gasteiger partial charge in [0.15, 0.2) is 0 Å². The number of nitrogens with one attached hydrogen (secondary N) is 2. The van der Waals surface area contributed by atoms with E-state index in [0.717, 1.165) is 42.9 Å². The SMILES string of the molecule is CCCCOc1ccc(NC(=O)NC[C@H](O)CN2CCCC2)c(C)c1. The van der Waals surface area contributed by atoms with Crippen LogP contribution in [-0.4, -0.2) is 54.9 Å². The smallest absolute Gasteiger partial charge is 0.319 e. The first kappa shape index (κ1) is 19.5. The Hall–Kier alpha value is -1.79. The Balaban J connectivity index is 1.73. The molecule has 0 unspecified atom stereocenters. The van der Waals surface area contributed by atoms with E-state index in [1.165, 1.54) is 12.8 Å². The summed E-state index contributed by atoms with van der Waals surface area (Å²) in [6, 6.07) is 5.33. The second-order valence-electron chi connectivity index (χ2n) is 6.68. The summed E-state index contributed by atoms with van der Waals surface area (Å²) in [5.41, 5.74) is 1.69. The lowest BCUT2D eigenvalue weighted by atomic mass is 10.2. The van der Waals surface area contributed by atoms with Crippen molar-refractivity contribution in [3.63, 3.8) is 0 Å². The van der Waals surface area contributed by atoms with Crippen LogP contribution < -0.4 is 15.4 Å². The van der Waals surface area contributed by atoms with Gasteiger partial charge in [-0.1, -0.05) is 13.3 Å². The molecule has 2 amide bonds. The normalized spacial score (nSPS) is 15.8. The number of amides is 2. The van der Waals surface area contributed by atoms with Gasteiger partial charge in [-0.25, -0.2) is 4.79 Å². The van der Waals surface area contributed by atoms with Crippen molar-refractivity contribution in [1.29, 1.82) is 0 Å². The maximum Gasteiger partial charge on any atom is 0.319 e. The topological polar surface area (TPSA) is 73.8 Å². The van der Waals surface area contributed by atoms with Crippen LogP contribution in [0.3, 0.4) is 0 Å². The van der Waals surface area contributed by atoms with E-state index < -0.39 is 6.10 Å². The van der Waals surface area contributed by atoms with Crippen molar-refractivity contribution in [3.8, 4) is 5.75 Å². The first-order valence-corrected chi connectivity index (χ1v) is 9.27. The molecule has 1 aliphatic rings. The van der Waals surface area contributed by atoms with Gasteiger partial charge in [-0.2, -0.15) is 0 Å². The average molecular weight is 349 g/mol. The lowest BCUT2D eigenvalue weighted by Gasteiger charge is -2.19. The first-order valence-electron chi connectivity index (χ1n) is 9.27. The molecule has 0 aromatic heterocycles. The fraction of sp³-hybridized carbons (Fsp3) is 0.632. The fourth-order valence-electron chi connectivity index (χ4n) is 2.91. The number of aryl methyl sites for hydroxylation is 1. The number of aliphatic hydroxyl groups excluding tert-OH is 1. The molecular formula is C19H31N3O3. The number of hydrogen-bond acceptors (Lipinski definition) is 4. The number of benzene rings is 1. The molecule has 0 radical (unpaired) electrons. The van der Waals surface area contributed by atoms with Crippen molar-refractivity contribution in [2.24, 2.45) is 0 Å². The summed E-state index contributed by atoms with van der Waals surface area (Å²) in [4.78, 5) is 14.3. The lowest BCUT2D eigenvalue weighted by Crippen LogP contribution is -2.40. The van der Waals surface area contributed by atoms with E-state index in [-0.39, 0.29) is 12.6 Å². The number of carbonyl (C=O) groups is 1. The van der Waals surface area contributed by atoms with Crippen molar-refractivity contribution in [2.45, 2.75) is 45.6 Å². The third-order valence-electron chi connectivity index (χ3n) is 4.38. The number of likely N-dealkylation sites (tertiary alicyclic amines) is 1. The zero-order valence-electron chi connectivity index (χ0n) is 15.4. The molecule has 1 saturated heterocycles. The number of urea groups is 1. The first-order chi connectivity index (χ1) is 12.1. The fourth-order valence-corrected chi connectivity index (χ4v) is 2.91. The maximum absolute atomic E-state index is 12.0. The standard InChI is InChI=1S/C19H31N3O3/c1-3-4-11-25-17-7-8-18(15(2)12-17)21-19(24)20-13-16(23)14-22-9-5-6-10-22/h7-8,12,16,23H,3-6,9-11,13-14H2,1-2H3,(H2,20,21,24)/t16-/m0/s1. The summed E-state index contributed by atoms with van der Waals surface area (Å²) in [5, 5.41) is 15.6. The number of aliphatic hydroxyl groups is 1. The molecule has 6 heteroatoms. The van der Waals surface area contributed by atoms with E-state index in [2.05, 4.69) is 22.5 Å². The number of ether oxygens (including phenoxy) is 1. The molecule has 140 valence electrons. The third kappa shape index (κ3) is 6.92. The van der Waals surface area contributed by atoms with Gasteiger partial charge in [0.25, 0.3) is 0 Å². The van der Waals surface area contributed by atoms with Crippen molar-refractivity contribution in [2.75, 3.05) is 38.1 Å². The summed E-state index contributed by atoms with van der Waals surface area (Å²) in [7, 11) is 0. The van der Waals surface area contributed by atoms with Gasteiger partial charge in [0.05, 0.1) is 12.7 Å². The molecule has 0 spiro atoms. The van der Waals surface area contributed by atoms with Crippen molar-refractivity contribution >= 4 is 11.7 Å². The highest BCUT2D eigenvalue weighted by molar-refractivity contribution is 5.90. The predicted molar refractivity (Wildman–Crippen MR) is 100 cm³/mol. The number of nitrogens with zero attached hydrogens (tertiary/aromatic N) is 1. The van der Waals surface area contributed by atoms with Gasteiger partial charge >= 0.3 is 6.03 Å². The zero-order chi connectivity index (χ0) is 18.1. The Morgan fingerprint density at radius 3 is 2.80 bits per heavy atom. The van der Waals surface area contributed by atoms with Gasteiger partial charge in [0.1, 0.15) is 5.75 Å². The molecule has 1 aliphatic heterocycles. The summed E-state index contributed by atoms with van der Waals surface area (Å²) in [5.74, 6) is 0.818. The highest BCUT2D eigenvalue weighted by Crippen LogP contribution is 2.21. The summed E-state index contributed by atoms with van der Waals surface area (Å²) < 4.78 is 5.66. The quantitative estimate of drug-likeness (QED) is 0.599. The predicted octanol–water partition coefficient (Wildman–Crippen LogP) is 2.75. The lowest BCUT2D eigenvalue weighted by molar-refractivity contribution is 0.125. The van der Waals surface area contributed by atoms with Crippen LogP contribution in [-0.2, 0) is 0 Å². The van der Waals surface area contributed by atoms with Crippen LogP contribution >= 0.6 is 0 Å². The van der Waals surface area contributed by atoms with Crippen LogP contribution in [0.5, 0.6) is 5.75 Å². The van der Waals surface area contributed by atoms with Crippen molar-refractivity contribution in [1.82, 2.24) is 10.2 Å². The Morgan fingerprint density at radius 2 is 2.12 bits per heavy atom. The van der Waals surface area contributed by atoms with Crippen LogP contribution in [0.25, 0.3) is 0 Å². The minimum absolute atomic E-state index is 0.250. The van der Waals surface area contributed by atoms with Gasteiger partial charge < -0.3 is 25.4 Å². The molecule has 0 bridgehead atoms. The number of hydrogen-bond donors (Lipinski definition) is 3. The Morgan fingerprint density at radius 1 is 1.36 bits per heavy atom. The number of β-amino-alcohol motifs (C(OH)–C–C–N with tert-alkyl or cyclic N) is 1. The zero-order valence-corrected chi connectivity index (χ0v) is 15.4. The molecule has 1 atom stereocenters. The minimum Gasteiger partial charge on any atom is -0.494 e. The molecule has 0 aliphatic carbocycles. The van der Waals surface area contributed by atoms with Crippen LogP contribution in [0.4, 0.5) is 10.5 Å². The van der Waals surface area contributed by atoms with E-state index in [4.69, 9.17) is 4.74 Å². The minimum atomic E-state index is -0.542.